The molecule has 1 heterocycles. The lowest BCUT2D eigenvalue weighted by Gasteiger charge is -2.49. The number of hydrogen-bond acceptors (Lipinski definition) is 2. The van der Waals surface area contributed by atoms with Crippen LogP contribution in [0.2, 0.25) is 0 Å². The topological polar surface area (TPSA) is 20.3 Å². The summed E-state index contributed by atoms with van der Waals surface area (Å²) in [6.45, 7) is 6.78. The molecule has 2 heteroatoms. The van der Waals surface area contributed by atoms with Crippen molar-refractivity contribution in [3.63, 3.8) is 0 Å². The molecule has 114 valence electrons. The SMILES string of the molecule is CC1CC(C)CN(C2(c3ccccc3)CCCCC2=O)C1. The molecule has 0 N–H and O–H groups in total. The van der Waals surface area contributed by atoms with Gasteiger partial charge in [0.15, 0.2) is 5.78 Å². The molecule has 1 aliphatic heterocycles. The van der Waals surface area contributed by atoms with Gasteiger partial charge >= 0.3 is 0 Å². The highest BCUT2D eigenvalue weighted by Crippen LogP contribution is 2.42. The maximum atomic E-state index is 13.0. The molecule has 1 aliphatic carbocycles. The Labute approximate surface area is 128 Å². The number of Topliss-reactive ketones (excluding diaryl/α,β-unsaturated/α-hetero) is 1. The Balaban J connectivity index is 2.02. The first kappa shape index (κ1) is 14.8. The van der Waals surface area contributed by atoms with Crippen molar-refractivity contribution in [1.29, 1.82) is 0 Å². The summed E-state index contributed by atoms with van der Waals surface area (Å²) in [6.07, 6.45) is 5.26. The van der Waals surface area contributed by atoms with E-state index in [1.165, 1.54) is 18.4 Å². The van der Waals surface area contributed by atoms with Gasteiger partial charge in [-0.25, -0.2) is 0 Å². The molecule has 3 unspecified atom stereocenters. The van der Waals surface area contributed by atoms with Crippen molar-refractivity contribution >= 4 is 5.78 Å². The zero-order valence-electron chi connectivity index (χ0n) is 13.3. The molecule has 3 rings (SSSR count). The number of rotatable bonds is 2. The zero-order chi connectivity index (χ0) is 14.9. The molecule has 1 aromatic carbocycles. The first-order valence-electron chi connectivity index (χ1n) is 8.47. The molecule has 1 saturated carbocycles. The van der Waals surface area contributed by atoms with Crippen LogP contribution in [0.25, 0.3) is 0 Å². The second kappa shape index (κ2) is 5.92. The molecule has 1 aromatic rings. The van der Waals surface area contributed by atoms with E-state index in [2.05, 4.69) is 43.0 Å². The molecule has 1 saturated heterocycles. The summed E-state index contributed by atoms with van der Waals surface area (Å²) >= 11 is 0. The highest BCUT2D eigenvalue weighted by Gasteiger charge is 2.47. The van der Waals surface area contributed by atoms with Crippen LogP contribution in [0.5, 0.6) is 0 Å². The number of likely N-dealkylation sites (tertiary alicyclic amines) is 1. The molecular formula is C19H27NO. The molecule has 3 atom stereocenters. The van der Waals surface area contributed by atoms with Crippen molar-refractivity contribution < 1.29 is 4.79 Å². The van der Waals surface area contributed by atoms with Crippen molar-refractivity contribution in [3.8, 4) is 0 Å². The standard InChI is InChI=1S/C19H27NO/c1-15-12-16(2)14-20(13-15)19(11-7-6-10-18(19)21)17-8-4-3-5-9-17/h3-5,8-9,15-16H,6-7,10-14H2,1-2H3. The summed E-state index contributed by atoms with van der Waals surface area (Å²) in [5.41, 5.74) is 0.874. The number of benzene rings is 1. The predicted molar refractivity (Wildman–Crippen MR) is 86.1 cm³/mol. The molecule has 0 bridgehead atoms. The molecule has 21 heavy (non-hydrogen) atoms. The van der Waals surface area contributed by atoms with Crippen molar-refractivity contribution in [2.24, 2.45) is 11.8 Å². The fourth-order valence-corrected chi connectivity index (χ4v) is 4.52. The van der Waals surface area contributed by atoms with E-state index in [9.17, 15) is 4.79 Å². The van der Waals surface area contributed by atoms with Crippen LogP contribution in [0.1, 0.15) is 51.5 Å². The first-order chi connectivity index (χ1) is 10.1. The van der Waals surface area contributed by atoms with Crippen molar-refractivity contribution in [1.82, 2.24) is 4.90 Å². The molecule has 0 aromatic heterocycles. The lowest BCUT2D eigenvalue weighted by Crippen LogP contribution is -2.57. The van der Waals surface area contributed by atoms with Gasteiger partial charge in [-0.05, 0) is 36.7 Å². The first-order valence-corrected chi connectivity index (χ1v) is 8.47. The van der Waals surface area contributed by atoms with Gasteiger partial charge in [-0.15, -0.1) is 0 Å². The molecule has 0 amide bonds. The number of nitrogens with zero attached hydrogens (tertiary/aromatic N) is 1. The number of piperidine rings is 1. The second-order valence-corrected chi connectivity index (χ2v) is 7.21. The fraction of sp³-hybridized carbons (Fsp3) is 0.632. The summed E-state index contributed by atoms with van der Waals surface area (Å²) in [7, 11) is 0. The van der Waals surface area contributed by atoms with E-state index in [1.54, 1.807) is 0 Å². The number of carbonyl (C=O) groups is 1. The second-order valence-electron chi connectivity index (χ2n) is 7.21. The van der Waals surface area contributed by atoms with E-state index in [0.717, 1.165) is 32.4 Å². The largest absolute Gasteiger partial charge is 0.297 e. The molecule has 0 spiro atoms. The molecule has 0 radical (unpaired) electrons. The van der Waals surface area contributed by atoms with Crippen LogP contribution in [0, 0.1) is 11.8 Å². The summed E-state index contributed by atoms with van der Waals surface area (Å²) in [5.74, 6) is 1.81. The summed E-state index contributed by atoms with van der Waals surface area (Å²) in [4.78, 5) is 15.5. The normalized spacial score (nSPS) is 34.9. The Morgan fingerprint density at radius 3 is 2.33 bits per heavy atom. The van der Waals surface area contributed by atoms with Crippen molar-refractivity contribution in [3.05, 3.63) is 35.9 Å². The van der Waals surface area contributed by atoms with Crippen LogP contribution >= 0.6 is 0 Å². The Hall–Kier alpha value is -1.15. The third kappa shape index (κ3) is 2.66. The highest BCUT2D eigenvalue weighted by molar-refractivity contribution is 5.90. The average Bonchev–Trinajstić information content (AvgIpc) is 2.48. The smallest absolute Gasteiger partial charge is 0.157 e. The summed E-state index contributed by atoms with van der Waals surface area (Å²) in [6, 6.07) is 10.5. The summed E-state index contributed by atoms with van der Waals surface area (Å²) in [5, 5.41) is 0. The average molecular weight is 285 g/mol. The van der Waals surface area contributed by atoms with Crippen LogP contribution in [-0.4, -0.2) is 23.8 Å². The van der Waals surface area contributed by atoms with Gasteiger partial charge in [0.1, 0.15) is 5.54 Å². The Morgan fingerprint density at radius 1 is 1.05 bits per heavy atom. The van der Waals surface area contributed by atoms with E-state index in [0.29, 0.717) is 17.6 Å². The molecule has 2 fully saturated rings. The zero-order valence-corrected chi connectivity index (χ0v) is 13.3. The third-order valence-corrected chi connectivity index (χ3v) is 5.31. The molecule has 2 aliphatic rings. The van der Waals surface area contributed by atoms with Gasteiger partial charge < -0.3 is 0 Å². The number of carbonyl (C=O) groups excluding carboxylic acids is 1. The minimum atomic E-state index is -0.345. The van der Waals surface area contributed by atoms with E-state index in [1.807, 2.05) is 6.07 Å². The van der Waals surface area contributed by atoms with Gasteiger partial charge in [0.25, 0.3) is 0 Å². The predicted octanol–water partition coefficient (Wildman–Crippen LogP) is 4.00. The van der Waals surface area contributed by atoms with Crippen molar-refractivity contribution in [2.45, 2.75) is 51.5 Å². The van der Waals surface area contributed by atoms with E-state index < -0.39 is 0 Å². The van der Waals surface area contributed by atoms with Crippen LogP contribution in [0.3, 0.4) is 0 Å². The maximum Gasteiger partial charge on any atom is 0.157 e. The Kier molecular flexibility index (Phi) is 4.17. The van der Waals surface area contributed by atoms with Gasteiger partial charge in [0.2, 0.25) is 0 Å². The monoisotopic (exact) mass is 285 g/mol. The van der Waals surface area contributed by atoms with Gasteiger partial charge in [0.05, 0.1) is 0 Å². The van der Waals surface area contributed by atoms with Gasteiger partial charge in [0, 0.05) is 19.5 Å². The lowest BCUT2D eigenvalue weighted by atomic mass is 9.72. The fourth-order valence-electron chi connectivity index (χ4n) is 4.52. The minimum Gasteiger partial charge on any atom is -0.297 e. The van der Waals surface area contributed by atoms with Gasteiger partial charge in [-0.3, -0.25) is 9.69 Å². The number of ketones is 1. The minimum absolute atomic E-state index is 0.345. The lowest BCUT2D eigenvalue weighted by molar-refractivity contribution is -0.137. The third-order valence-electron chi connectivity index (χ3n) is 5.31. The number of hydrogen-bond donors (Lipinski definition) is 0. The van der Waals surface area contributed by atoms with E-state index >= 15 is 0 Å². The summed E-state index contributed by atoms with van der Waals surface area (Å²) < 4.78 is 0. The Bertz CT molecular complexity index is 488. The highest BCUT2D eigenvalue weighted by atomic mass is 16.1. The van der Waals surface area contributed by atoms with Crippen molar-refractivity contribution in [2.75, 3.05) is 13.1 Å². The van der Waals surface area contributed by atoms with E-state index in [4.69, 9.17) is 0 Å². The molecule has 2 nitrogen and oxygen atoms in total. The quantitative estimate of drug-likeness (QED) is 0.818. The van der Waals surface area contributed by atoms with E-state index in [-0.39, 0.29) is 5.54 Å². The van der Waals surface area contributed by atoms with Crippen LogP contribution in [-0.2, 0) is 10.3 Å². The van der Waals surface area contributed by atoms with Crippen LogP contribution in [0.15, 0.2) is 30.3 Å². The Morgan fingerprint density at radius 2 is 1.71 bits per heavy atom. The molecular weight excluding hydrogens is 258 g/mol. The maximum absolute atomic E-state index is 13.0. The van der Waals surface area contributed by atoms with Gasteiger partial charge in [-0.1, -0.05) is 50.6 Å². The van der Waals surface area contributed by atoms with Crippen LogP contribution in [0.4, 0.5) is 0 Å². The van der Waals surface area contributed by atoms with Gasteiger partial charge in [-0.2, -0.15) is 0 Å². The van der Waals surface area contributed by atoms with Crippen LogP contribution < -0.4 is 0 Å².